The highest BCUT2D eigenvalue weighted by Gasteiger charge is 2.27. The van der Waals surface area contributed by atoms with Gasteiger partial charge in [0.2, 0.25) is 0 Å². The highest BCUT2D eigenvalue weighted by molar-refractivity contribution is 5.26. The lowest BCUT2D eigenvalue weighted by atomic mass is 9.97. The summed E-state index contributed by atoms with van der Waals surface area (Å²) >= 11 is 0. The molecule has 16 heavy (non-hydrogen) atoms. The van der Waals surface area contributed by atoms with E-state index in [1.54, 1.807) is 0 Å². The number of hydrogen-bond acceptors (Lipinski definition) is 3. The lowest BCUT2D eigenvalue weighted by molar-refractivity contribution is 0.0785. The molecular formula is C13H20N2O. The molecule has 2 unspecified atom stereocenters. The molecule has 0 aromatic carbocycles. The number of nitrogens with zero attached hydrogens (tertiary/aromatic N) is 1. The molecule has 1 N–H and O–H groups in total. The summed E-state index contributed by atoms with van der Waals surface area (Å²) in [4.78, 5) is 4.22. The second-order valence-electron chi connectivity index (χ2n) is 4.32. The number of aryl methyl sites for hydroxylation is 1. The fourth-order valence-corrected chi connectivity index (χ4v) is 2.33. The maximum absolute atomic E-state index is 5.79. The molecule has 1 aromatic heterocycles. The van der Waals surface area contributed by atoms with E-state index in [0.29, 0.717) is 12.1 Å². The summed E-state index contributed by atoms with van der Waals surface area (Å²) in [5, 5.41) is 3.52. The van der Waals surface area contributed by atoms with Crippen LogP contribution in [0.2, 0.25) is 0 Å². The molecule has 2 atom stereocenters. The van der Waals surface area contributed by atoms with E-state index in [9.17, 15) is 0 Å². The Hall–Kier alpha value is -0.930. The smallest absolute Gasteiger partial charge is 0.0771 e. The van der Waals surface area contributed by atoms with E-state index in [2.05, 4.69) is 30.2 Å². The zero-order chi connectivity index (χ0) is 11.4. The van der Waals surface area contributed by atoms with Gasteiger partial charge in [-0.3, -0.25) is 4.98 Å². The largest absolute Gasteiger partial charge is 0.376 e. The minimum atomic E-state index is 0.293. The molecule has 2 heterocycles. The van der Waals surface area contributed by atoms with Crippen LogP contribution in [0.5, 0.6) is 0 Å². The van der Waals surface area contributed by atoms with Crippen molar-refractivity contribution in [3.8, 4) is 0 Å². The molecule has 3 nitrogen and oxygen atoms in total. The molecule has 0 radical (unpaired) electrons. The van der Waals surface area contributed by atoms with Gasteiger partial charge in [-0.15, -0.1) is 0 Å². The summed E-state index contributed by atoms with van der Waals surface area (Å²) in [5.41, 5.74) is 2.56. The van der Waals surface area contributed by atoms with Crippen LogP contribution in [0.3, 0.4) is 0 Å². The molecule has 1 fully saturated rings. The van der Waals surface area contributed by atoms with Crippen LogP contribution < -0.4 is 5.32 Å². The van der Waals surface area contributed by atoms with E-state index in [1.807, 2.05) is 12.4 Å². The summed E-state index contributed by atoms with van der Waals surface area (Å²) in [5.74, 6) is 0. The number of pyridine rings is 1. The quantitative estimate of drug-likeness (QED) is 0.845. The van der Waals surface area contributed by atoms with Gasteiger partial charge >= 0.3 is 0 Å². The summed E-state index contributed by atoms with van der Waals surface area (Å²) < 4.78 is 5.79. The molecular weight excluding hydrogens is 200 g/mol. The number of nitrogens with one attached hydrogen (secondary N) is 1. The average Bonchev–Trinajstić information content (AvgIpc) is 2.80. The van der Waals surface area contributed by atoms with Crippen LogP contribution >= 0.6 is 0 Å². The summed E-state index contributed by atoms with van der Waals surface area (Å²) in [6, 6.07) is 2.36. The molecule has 2 rings (SSSR count). The summed E-state index contributed by atoms with van der Waals surface area (Å²) in [6.07, 6.45) is 6.43. The number of ether oxygens (including phenoxy) is 1. The number of rotatable bonds is 4. The first-order chi connectivity index (χ1) is 7.83. The molecule has 0 aliphatic carbocycles. The second-order valence-corrected chi connectivity index (χ2v) is 4.32. The van der Waals surface area contributed by atoms with Gasteiger partial charge in [0, 0.05) is 19.0 Å². The first-order valence-corrected chi connectivity index (χ1v) is 6.08. The Balaban J connectivity index is 2.21. The van der Waals surface area contributed by atoms with Gasteiger partial charge in [-0.1, -0.05) is 6.92 Å². The highest BCUT2D eigenvalue weighted by atomic mass is 16.5. The van der Waals surface area contributed by atoms with Gasteiger partial charge in [0.1, 0.15) is 0 Å². The van der Waals surface area contributed by atoms with Crippen LogP contribution in [0.4, 0.5) is 0 Å². The Bertz CT molecular complexity index is 334. The van der Waals surface area contributed by atoms with Crippen molar-refractivity contribution >= 4 is 0 Å². The standard InChI is InChI=1S/C13H20N2O/c1-3-15-13(12-5-4-8-16-12)11-9-14-7-6-10(11)2/h6-7,9,12-13,15H,3-5,8H2,1-2H3. The van der Waals surface area contributed by atoms with E-state index in [0.717, 1.165) is 19.6 Å². The lowest BCUT2D eigenvalue weighted by Gasteiger charge is -2.25. The minimum Gasteiger partial charge on any atom is -0.376 e. The average molecular weight is 220 g/mol. The Morgan fingerprint density at radius 1 is 1.62 bits per heavy atom. The van der Waals surface area contributed by atoms with Crippen LogP contribution in [0.25, 0.3) is 0 Å². The van der Waals surface area contributed by atoms with Crippen LogP contribution in [0.15, 0.2) is 18.5 Å². The maximum atomic E-state index is 5.79. The van der Waals surface area contributed by atoms with Crippen molar-refractivity contribution in [1.82, 2.24) is 10.3 Å². The monoisotopic (exact) mass is 220 g/mol. The van der Waals surface area contributed by atoms with Crippen molar-refractivity contribution in [2.75, 3.05) is 13.2 Å². The minimum absolute atomic E-state index is 0.293. The molecule has 0 spiro atoms. The van der Waals surface area contributed by atoms with Crippen LogP contribution in [-0.4, -0.2) is 24.2 Å². The van der Waals surface area contributed by atoms with E-state index in [-0.39, 0.29) is 0 Å². The molecule has 3 heteroatoms. The van der Waals surface area contributed by atoms with Gasteiger partial charge in [-0.2, -0.15) is 0 Å². The molecule has 1 aromatic rings. The fourth-order valence-electron chi connectivity index (χ4n) is 2.33. The van der Waals surface area contributed by atoms with Crippen LogP contribution in [0.1, 0.15) is 36.9 Å². The second kappa shape index (κ2) is 5.41. The molecule has 1 aliphatic rings. The number of hydrogen-bond donors (Lipinski definition) is 1. The molecule has 0 saturated carbocycles. The Kier molecular flexibility index (Phi) is 3.91. The van der Waals surface area contributed by atoms with Crippen molar-refractivity contribution in [2.24, 2.45) is 0 Å². The van der Waals surface area contributed by atoms with E-state index >= 15 is 0 Å². The van der Waals surface area contributed by atoms with Gasteiger partial charge in [-0.05, 0) is 43.5 Å². The van der Waals surface area contributed by atoms with Gasteiger partial charge in [0.25, 0.3) is 0 Å². The topological polar surface area (TPSA) is 34.2 Å². The maximum Gasteiger partial charge on any atom is 0.0771 e. The Labute approximate surface area is 97.2 Å². The van der Waals surface area contributed by atoms with Gasteiger partial charge < -0.3 is 10.1 Å². The van der Waals surface area contributed by atoms with E-state index < -0.39 is 0 Å². The van der Waals surface area contributed by atoms with Crippen molar-refractivity contribution in [1.29, 1.82) is 0 Å². The van der Waals surface area contributed by atoms with Crippen molar-refractivity contribution in [3.63, 3.8) is 0 Å². The number of aromatic nitrogens is 1. The number of likely N-dealkylation sites (N-methyl/N-ethyl adjacent to an activating group) is 1. The summed E-state index contributed by atoms with van der Waals surface area (Å²) in [6.45, 7) is 6.12. The normalized spacial score (nSPS) is 22.2. The first-order valence-electron chi connectivity index (χ1n) is 6.08. The zero-order valence-corrected chi connectivity index (χ0v) is 10.1. The lowest BCUT2D eigenvalue weighted by Crippen LogP contribution is -2.32. The predicted octanol–water partition coefficient (Wildman–Crippen LogP) is 2.22. The third-order valence-corrected chi connectivity index (χ3v) is 3.18. The summed E-state index contributed by atoms with van der Waals surface area (Å²) in [7, 11) is 0. The molecule has 1 aliphatic heterocycles. The SMILES string of the molecule is CCNC(c1cnccc1C)C1CCCO1. The zero-order valence-electron chi connectivity index (χ0n) is 10.1. The van der Waals surface area contributed by atoms with Gasteiger partial charge in [-0.25, -0.2) is 0 Å². The van der Waals surface area contributed by atoms with Gasteiger partial charge in [0.15, 0.2) is 0 Å². The van der Waals surface area contributed by atoms with E-state index in [4.69, 9.17) is 4.74 Å². The predicted molar refractivity (Wildman–Crippen MR) is 64.4 cm³/mol. The third kappa shape index (κ3) is 2.42. The van der Waals surface area contributed by atoms with Crippen molar-refractivity contribution in [2.45, 2.75) is 38.8 Å². The first kappa shape index (κ1) is 11.6. The Morgan fingerprint density at radius 2 is 2.50 bits per heavy atom. The third-order valence-electron chi connectivity index (χ3n) is 3.18. The molecule has 0 bridgehead atoms. The van der Waals surface area contributed by atoms with Crippen molar-refractivity contribution in [3.05, 3.63) is 29.6 Å². The van der Waals surface area contributed by atoms with Crippen LogP contribution in [0, 0.1) is 6.92 Å². The van der Waals surface area contributed by atoms with Crippen molar-refractivity contribution < 1.29 is 4.74 Å². The highest BCUT2D eigenvalue weighted by Crippen LogP contribution is 2.28. The Morgan fingerprint density at radius 3 is 3.12 bits per heavy atom. The molecule has 0 amide bonds. The van der Waals surface area contributed by atoms with Crippen LogP contribution in [-0.2, 0) is 4.74 Å². The molecule has 1 saturated heterocycles. The van der Waals surface area contributed by atoms with E-state index in [1.165, 1.54) is 17.5 Å². The fraction of sp³-hybridized carbons (Fsp3) is 0.615. The van der Waals surface area contributed by atoms with Gasteiger partial charge in [0.05, 0.1) is 12.1 Å². The molecule has 88 valence electrons.